The van der Waals surface area contributed by atoms with E-state index in [0.717, 1.165) is 6.42 Å². The van der Waals surface area contributed by atoms with Gasteiger partial charge in [0.25, 0.3) is 5.95 Å². The third kappa shape index (κ3) is 3.17. The number of thioether (sulfide) groups is 1. The number of halogens is 1. The van der Waals surface area contributed by atoms with Crippen LogP contribution in [0.25, 0.3) is 5.95 Å². The summed E-state index contributed by atoms with van der Waals surface area (Å²) in [6.07, 6.45) is 4.48. The molecule has 2 rings (SSSR count). The summed E-state index contributed by atoms with van der Waals surface area (Å²) in [6.45, 7) is 4.24. The van der Waals surface area contributed by atoms with Gasteiger partial charge >= 0.3 is 0 Å². The highest BCUT2D eigenvalue weighted by Gasteiger charge is 2.10. The first kappa shape index (κ1) is 12.3. The van der Waals surface area contributed by atoms with Gasteiger partial charge in [0, 0.05) is 17.6 Å². The summed E-state index contributed by atoms with van der Waals surface area (Å²) < 4.78 is 1.56. The molecule has 0 amide bonds. The molecule has 17 heavy (non-hydrogen) atoms. The normalized spacial score (nSPS) is 12.6. The van der Waals surface area contributed by atoms with Crippen LogP contribution in [0.3, 0.4) is 0 Å². The van der Waals surface area contributed by atoms with E-state index < -0.39 is 0 Å². The van der Waals surface area contributed by atoms with E-state index in [1.54, 1.807) is 34.9 Å². The van der Waals surface area contributed by atoms with Gasteiger partial charge in [0.1, 0.15) is 0 Å². The van der Waals surface area contributed by atoms with E-state index in [9.17, 15) is 0 Å². The zero-order valence-electron chi connectivity index (χ0n) is 9.54. The summed E-state index contributed by atoms with van der Waals surface area (Å²) in [5.41, 5.74) is 0. The van der Waals surface area contributed by atoms with Crippen molar-refractivity contribution in [2.24, 2.45) is 0 Å². The first-order valence-electron chi connectivity index (χ1n) is 5.27. The van der Waals surface area contributed by atoms with Crippen LogP contribution >= 0.6 is 23.4 Å². The molecule has 0 aromatic carbocycles. The van der Waals surface area contributed by atoms with Crippen molar-refractivity contribution in [1.82, 2.24) is 24.7 Å². The van der Waals surface area contributed by atoms with Gasteiger partial charge in [-0.2, -0.15) is 20.1 Å². The van der Waals surface area contributed by atoms with E-state index in [1.807, 2.05) is 0 Å². The zero-order valence-corrected chi connectivity index (χ0v) is 11.1. The molecule has 7 heteroatoms. The molecular weight excluding hydrogens is 258 g/mol. The van der Waals surface area contributed by atoms with Crippen LogP contribution < -0.4 is 0 Å². The van der Waals surface area contributed by atoms with Crippen molar-refractivity contribution in [2.75, 3.05) is 0 Å². The van der Waals surface area contributed by atoms with Crippen molar-refractivity contribution < 1.29 is 0 Å². The second-order valence-electron chi connectivity index (χ2n) is 3.47. The van der Waals surface area contributed by atoms with Crippen molar-refractivity contribution in [1.29, 1.82) is 0 Å². The van der Waals surface area contributed by atoms with Crippen molar-refractivity contribution in [2.45, 2.75) is 30.7 Å². The number of hydrogen-bond donors (Lipinski definition) is 0. The molecule has 5 nitrogen and oxygen atoms in total. The monoisotopic (exact) mass is 269 g/mol. The van der Waals surface area contributed by atoms with Crippen LogP contribution in [0.5, 0.6) is 0 Å². The second-order valence-corrected chi connectivity index (χ2v) is 5.22. The molecule has 2 aromatic rings. The zero-order chi connectivity index (χ0) is 12.3. The van der Waals surface area contributed by atoms with Gasteiger partial charge < -0.3 is 0 Å². The largest absolute Gasteiger partial charge is 0.255 e. The van der Waals surface area contributed by atoms with Crippen molar-refractivity contribution >= 4 is 23.4 Å². The summed E-state index contributed by atoms with van der Waals surface area (Å²) in [5.74, 6) is 0.445. The van der Waals surface area contributed by atoms with Gasteiger partial charge in [-0.15, -0.1) is 0 Å². The number of nitrogens with zero attached hydrogens (tertiary/aromatic N) is 5. The van der Waals surface area contributed by atoms with E-state index in [1.165, 1.54) is 0 Å². The Balaban J connectivity index is 2.30. The van der Waals surface area contributed by atoms with Gasteiger partial charge in [0.15, 0.2) is 5.16 Å². The third-order valence-corrected chi connectivity index (χ3v) is 3.46. The van der Waals surface area contributed by atoms with Crippen molar-refractivity contribution in [3.05, 3.63) is 23.7 Å². The molecule has 0 aliphatic carbocycles. The Morgan fingerprint density at radius 3 is 2.88 bits per heavy atom. The van der Waals surface area contributed by atoms with Crippen molar-refractivity contribution in [3.63, 3.8) is 0 Å². The van der Waals surface area contributed by atoms with E-state index >= 15 is 0 Å². The first-order chi connectivity index (χ1) is 8.19. The average molecular weight is 270 g/mol. The maximum absolute atomic E-state index is 5.88. The number of rotatable bonds is 4. The lowest BCUT2D eigenvalue weighted by Crippen LogP contribution is -2.06. The minimum absolute atomic E-state index is 0.191. The summed E-state index contributed by atoms with van der Waals surface area (Å²) >= 11 is 7.46. The fraction of sp³-hybridized carbons (Fsp3) is 0.400. The maximum atomic E-state index is 5.88. The van der Waals surface area contributed by atoms with Gasteiger partial charge in [-0.1, -0.05) is 25.6 Å². The molecule has 0 N–H and O–H groups in total. The lowest BCUT2D eigenvalue weighted by atomic mass is 10.4. The Morgan fingerprint density at radius 1 is 1.41 bits per heavy atom. The van der Waals surface area contributed by atoms with Crippen molar-refractivity contribution in [3.8, 4) is 5.95 Å². The molecule has 0 aliphatic heterocycles. The van der Waals surface area contributed by atoms with Gasteiger partial charge in [-0.25, -0.2) is 4.68 Å². The quantitative estimate of drug-likeness (QED) is 0.799. The van der Waals surface area contributed by atoms with Gasteiger partial charge in [-0.3, -0.25) is 0 Å². The molecule has 0 bridgehead atoms. The Kier molecular flexibility index (Phi) is 3.96. The summed E-state index contributed by atoms with van der Waals surface area (Å²) in [7, 11) is 0. The SMILES string of the molecule is CCC(C)Sc1nc(Cl)nc(-n2cccn2)n1. The minimum atomic E-state index is 0.191. The minimum Gasteiger partial charge on any atom is -0.206 e. The first-order valence-corrected chi connectivity index (χ1v) is 6.53. The highest BCUT2D eigenvalue weighted by Crippen LogP contribution is 2.22. The highest BCUT2D eigenvalue weighted by molar-refractivity contribution is 7.99. The molecule has 1 unspecified atom stereocenters. The molecule has 90 valence electrons. The molecule has 0 aliphatic rings. The second kappa shape index (κ2) is 5.46. The Bertz CT molecular complexity index is 487. The maximum Gasteiger partial charge on any atom is 0.255 e. The van der Waals surface area contributed by atoms with Crippen LogP contribution in [0.4, 0.5) is 0 Å². The topological polar surface area (TPSA) is 56.5 Å². The molecule has 0 fully saturated rings. The Hall–Kier alpha value is -1.14. The summed E-state index contributed by atoms with van der Waals surface area (Å²) in [6, 6.07) is 1.80. The molecule has 0 saturated carbocycles. The van der Waals surface area contributed by atoms with Crippen LogP contribution in [0.15, 0.2) is 23.6 Å². The van der Waals surface area contributed by atoms with E-state index in [4.69, 9.17) is 11.6 Å². The lowest BCUT2D eigenvalue weighted by molar-refractivity contribution is 0.756. The summed E-state index contributed by atoms with van der Waals surface area (Å²) in [5, 5.41) is 5.33. The van der Waals surface area contributed by atoms with Crippen LogP contribution in [-0.4, -0.2) is 30.0 Å². The fourth-order valence-corrected chi connectivity index (χ4v) is 2.13. The van der Waals surface area contributed by atoms with Gasteiger partial charge in [0.2, 0.25) is 5.28 Å². The Labute approximate surface area is 109 Å². The molecule has 2 heterocycles. The molecule has 0 radical (unpaired) electrons. The molecule has 0 spiro atoms. The van der Waals surface area contributed by atoms with Crippen LogP contribution in [0, 0.1) is 0 Å². The predicted octanol–water partition coefficient (Wildman–Crippen LogP) is 2.60. The smallest absolute Gasteiger partial charge is 0.206 e. The van der Waals surface area contributed by atoms with E-state index in [-0.39, 0.29) is 5.28 Å². The molecule has 0 saturated heterocycles. The number of hydrogen-bond acceptors (Lipinski definition) is 5. The standard InChI is InChI=1S/C10H12ClN5S/c1-3-7(2)17-10-14-8(11)13-9(15-10)16-6-4-5-12-16/h4-7H,3H2,1-2H3. The van der Waals surface area contributed by atoms with Crippen LogP contribution in [0.2, 0.25) is 5.28 Å². The predicted molar refractivity (Wildman–Crippen MR) is 67.6 cm³/mol. The lowest BCUT2D eigenvalue weighted by Gasteiger charge is -2.07. The van der Waals surface area contributed by atoms with Gasteiger partial charge in [-0.05, 0) is 24.1 Å². The number of aromatic nitrogens is 5. The third-order valence-electron chi connectivity index (χ3n) is 2.17. The molecule has 2 aromatic heterocycles. The Morgan fingerprint density at radius 2 is 2.24 bits per heavy atom. The highest BCUT2D eigenvalue weighted by atomic mass is 35.5. The fourth-order valence-electron chi connectivity index (χ4n) is 1.13. The molecular formula is C10H12ClN5S. The van der Waals surface area contributed by atoms with E-state index in [0.29, 0.717) is 16.4 Å². The van der Waals surface area contributed by atoms with Crippen LogP contribution in [-0.2, 0) is 0 Å². The van der Waals surface area contributed by atoms with Gasteiger partial charge in [0.05, 0.1) is 0 Å². The van der Waals surface area contributed by atoms with E-state index in [2.05, 4.69) is 33.9 Å². The van der Waals surface area contributed by atoms with Crippen LogP contribution in [0.1, 0.15) is 20.3 Å². The molecule has 1 atom stereocenters. The average Bonchev–Trinajstić information content (AvgIpc) is 2.81. The summed E-state index contributed by atoms with van der Waals surface area (Å²) in [4.78, 5) is 12.5.